The minimum absolute atomic E-state index is 0.0502. The second-order valence-corrected chi connectivity index (χ2v) is 6.23. The highest BCUT2D eigenvalue weighted by Crippen LogP contribution is 2.22. The molecule has 0 spiro atoms. The van der Waals surface area contributed by atoms with E-state index in [1.807, 2.05) is 18.4 Å². The third-order valence-corrected chi connectivity index (χ3v) is 5.12. The molecular formula is C12H18BrN3OS. The van der Waals surface area contributed by atoms with Crippen LogP contribution in [0.3, 0.4) is 0 Å². The van der Waals surface area contributed by atoms with E-state index >= 15 is 0 Å². The first-order valence-corrected chi connectivity index (χ1v) is 7.80. The van der Waals surface area contributed by atoms with E-state index in [9.17, 15) is 4.79 Å². The number of thiophene rings is 1. The summed E-state index contributed by atoms with van der Waals surface area (Å²) in [5.74, 6) is 0.109. The number of piperazine rings is 1. The van der Waals surface area contributed by atoms with Crippen molar-refractivity contribution in [1.82, 2.24) is 15.5 Å². The molecule has 4 nitrogen and oxygen atoms in total. The second-order valence-electron chi connectivity index (χ2n) is 4.37. The second kappa shape index (κ2) is 6.65. The molecule has 1 aromatic heterocycles. The lowest BCUT2D eigenvalue weighted by Crippen LogP contribution is -2.52. The first kappa shape index (κ1) is 14.0. The van der Waals surface area contributed by atoms with E-state index in [4.69, 9.17) is 0 Å². The predicted octanol–water partition coefficient (Wildman–Crippen LogP) is 1.42. The Balaban J connectivity index is 1.82. The summed E-state index contributed by atoms with van der Waals surface area (Å²) in [6.45, 7) is 6.40. The van der Waals surface area contributed by atoms with Crippen molar-refractivity contribution in [1.29, 1.82) is 0 Å². The van der Waals surface area contributed by atoms with E-state index in [-0.39, 0.29) is 11.9 Å². The lowest BCUT2D eigenvalue weighted by Gasteiger charge is -2.31. The van der Waals surface area contributed by atoms with Crippen molar-refractivity contribution >= 4 is 33.2 Å². The van der Waals surface area contributed by atoms with Gasteiger partial charge in [0.1, 0.15) is 0 Å². The van der Waals surface area contributed by atoms with Crippen molar-refractivity contribution in [3.8, 4) is 0 Å². The number of hydrogen-bond donors (Lipinski definition) is 2. The Morgan fingerprint density at radius 2 is 2.33 bits per heavy atom. The normalized spacial score (nSPS) is 18.6. The maximum atomic E-state index is 12.1. The van der Waals surface area contributed by atoms with Gasteiger partial charge in [-0.05, 0) is 34.3 Å². The number of amides is 1. The van der Waals surface area contributed by atoms with Crippen LogP contribution in [0.25, 0.3) is 0 Å². The van der Waals surface area contributed by atoms with Crippen LogP contribution in [0, 0.1) is 0 Å². The predicted molar refractivity (Wildman–Crippen MR) is 77.8 cm³/mol. The first-order chi connectivity index (χ1) is 8.68. The molecule has 1 amide bonds. The summed E-state index contributed by atoms with van der Waals surface area (Å²) < 4.78 is 1.07. The standard InChI is InChI=1S/C12H18BrN3OS/c1-9(16-5-3-14-4-6-16)12(17)15-8-11-10(13)2-7-18-11/h2,7,9,14H,3-6,8H2,1H3,(H,15,17). The van der Waals surface area contributed by atoms with Gasteiger partial charge in [0, 0.05) is 35.5 Å². The Morgan fingerprint density at radius 1 is 1.61 bits per heavy atom. The molecule has 0 aliphatic carbocycles. The number of carbonyl (C=O) groups excluding carboxylic acids is 1. The molecule has 100 valence electrons. The largest absolute Gasteiger partial charge is 0.350 e. The number of hydrogen-bond acceptors (Lipinski definition) is 4. The quantitative estimate of drug-likeness (QED) is 0.877. The lowest BCUT2D eigenvalue weighted by atomic mass is 10.2. The first-order valence-electron chi connectivity index (χ1n) is 6.13. The molecule has 2 rings (SSSR count). The van der Waals surface area contributed by atoms with Crippen molar-refractivity contribution < 1.29 is 4.79 Å². The molecule has 0 bridgehead atoms. The molecular weight excluding hydrogens is 314 g/mol. The molecule has 1 fully saturated rings. The summed E-state index contributed by atoms with van der Waals surface area (Å²) >= 11 is 5.12. The van der Waals surface area contributed by atoms with Gasteiger partial charge in [0.25, 0.3) is 0 Å². The van der Waals surface area contributed by atoms with Crippen molar-refractivity contribution in [3.63, 3.8) is 0 Å². The van der Waals surface area contributed by atoms with Crippen LogP contribution in [0.4, 0.5) is 0 Å². The Labute approximate surface area is 120 Å². The highest BCUT2D eigenvalue weighted by molar-refractivity contribution is 9.10. The van der Waals surface area contributed by atoms with Gasteiger partial charge in [-0.3, -0.25) is 9.69 Å². The number of halogens is 1. The third-order valence-electron chi connectivity index (χ3n) is 3.19. The van der Waals surface area contributed by atoms with Gasteiger partial charge in [0.15, 0.2) is 0 Å². The van der Waals surface area contributed by atoms with E-state index in [1.54, 1.807) is 11.3 Å². The number of rotatable bonds is 4. The fraction of sp³-hybridized carbons (Fsp3) is 0.583. The Bertz CT molecular complexity index is 404. The molecule has 0 saturated carbocycles. The molecule has 18 heavy (non-hydrogen) atoms. The molecule has 1 aliphatic heterocycles. The molecule has 1 unspecified atom stereocenters. The van der Waals surface area contributed by atoms with Crippen LogP contribution >= 0.6 is 27.3 Å². The molecule has 2 N–H and O–H groups in total. The zero-order chi connectivity index (χ0) is 13.0. The monoisotopic (exact) mass is 331 g/mol. The Morgan fingerprint density at radius 3 is 2.94 bits per heavy atom. The van der Waals surface area contributed by atoms with E-state index in [2.05, 4.69) is 31.5 Å². The van der Waals surface area contributed by atoms with Gasteiger partial charge in [0.2, 0.25) is 5.91 Å². The van der Waals surface area contributed by atoms with Crippen LogP contribution in [0.1, 0.15) is 11.8 Å². The molecule has 1 atom stereocenters. The zero-order valence-corrected chi connectivity index (χ0v) is 12.8. The summed E-state index contributed by atoms with van der Waals surface area (Å²) in [4.78, 5) is 15.4. The Hall–Kier alpha value is -0.430. The van der Waals surface area contributed by atoms with Crippen LogP contribution in [-0.4, -0.2) is 43.0 Å². The number of nitrogens with one attached hydrogen (secondary N) is 2. The molecule has 6 heteroatoms. The van der Waals surface area contributed by atoms with E-state index < -0.39 is 0 Å². The molecule has 1 aromatic rings. The minimum atomic E-state index is -0.0502. The van der Waals surface area contributed by atoms with Crippen LogP contribution in [0.15, 0.2) is 15.9 Å². The SMILES string of the molecule is CC(C(=O)NCc1sccc1Br)N1CCNCC1. The Kier molecular flexibility index (Phi) is 5.17. The van der Waals surface area contributed by atoms with Crippen molar-refractivity contribution in [2.75, 3.05) is 26.2 Å². The van der Waals surface area contributed by atoms with Gasteiger partial charge < -0.3 is 10.6 Å². The molecule has 1 aliphatic rings. The maximum Gasteiger partial charge on any atom is 0.237 e. The van der Waals surface area contributed by atoms with Gasteiger partial charge in [0.05, 0.1) is 12.6 Å². The van der Waals surface area contributed by atoms with Gasteiger partial charge in [-0.25, -0.2) is 0 Å². The van der Waals surface area contributed by atoms with E-state index in [0.29, 0.717) is 6.54 Å². The summed E-state index contributed by atoms with van der Waals surface area (Å²) in [5, 5.41) is 8.31. The van der Waals surface area contributed by atoms with Gasteiger partial charge >= 0.3 is 0 Å². The van der Waals surface area contributed by atoms with Crippen LogP contribution in [-0.2, 0) is 11.3 Å². The molecule has 2 heterocycles. The average Bonchev–Trinajstić information content (AvgIpc) is 2.81. The summed E-state index contributed by atoms with van der Waals surface area (Å²) in [6, 6.07) is 1.96. The molecule has 0 aromatic carbocycles. The summed E-state index contributed by atoms with van der Waals surface area (Å²) in [6.07, 6.45) is 0. The van der Waals surface area contributed by atoms with Gasteiger partial charge in [-0.2, -0.15) is 0 Å². The zero-order valence-electron chi connectivity index (χ0n) is 10.4. The smallest absolute Gasteiger partial charge is 0.237 e. The minimum Gasteiger partial charge on any atom is -0.350 e. The van der Waals surface area contributed by atoms with Crippen LogP contribution in [0.5, 0.6) is 0 Å². The maximum absolute atomic E-state index is 12.1. The lowest BCUT2D eigenvalue weighted by molar-refractivity contribution is -0.126. The van der Waals surface area contributed by atoms with Crippen LogP contribution < -0.4 is 10.6 Å². The summed E-state index contributed by atoms with van der Waals surface area (Å²) in [7, 11) is 0. The van der Waals surface area contributed by atoms with Crippen molar-refractivity contribution in [2.45, 2.75) is 19.5 Å². The summed E-state index contributed by atoms with van der Waals surface area (Å²) in [5.41, 5.74) is 0. The van der Waals surface area contributed by atoms with E-state index in [1.165, 1.54) is 0 Å². The highest BCUT2D eigenvalue weighted by Gasteiger charge is 2.22. The van der Waals surface area contributed by atoms with Crippen molar-refractivity contribution in [3.05, 3.63) is 20.8 Å². The van der Waals surface area contributed by atoms with Crippen molar-refractivity contribution in [2.24, 2.45) is 0 Å². The van der Waals surface area contributed by atoms with Crippen LogP contribution in [0.2, 0.25) is 0 Å². The fourth-order valence-corrected chi connectivity index (χ4v) is 3.43. The average molecular weight is 332 g/mol. The molecule has 0 radical (unpaired) electrons. The number of carbonyl (C=O) groups is 1. The highest BCUT2D eigenvalue weighted by atomic mass is 79.9. The number of nitrogens with zero attached hydrogens (tertiary/aromatic N) is 1. The third kappa shape index (κ3) is 3.54. The van der Waals surface area contributed by atoms with Gasteiger partial charge in [-0.1, -0.05) is 0 Å². The fourth-order valence-electron chi connectivity index (χ4n) is 2.00. The van der Waals surface area contributed by atoms with E-state index in [0.717, 1.165) is 35.5 Å². The molecule has 1 saturated heterocycles. The van der Waals surface area contributed by atoms with Gasteiger partial charge in [-0.15, -0.1) is 11.3 Å². The topological polar surface area (TPSA) is 44.4 Å².